The van der Waals surface area contributed by atoms with Gasteiger partial charge in [0.05, 0.1) is 30.3 Å². The lowest BCUT2D eigenvalue weighted by Gasteiger charge is -2.08. The molecule has 0 aliphatic rings. The molecule has 0 amide bonds. The third-order valence-corrected chi connectivity index (χ3v) is 3.08. The van der Waals surface area contributed by atoms with E-state index in [1.165, 1.54) is 13.2 Å². The summed E-state index contributed by atoms with van der Waals surface area (Å²) in [5, 5.41) is 14.1. The number of nitro groups is 1. The van der Waals surface area contributed by atoms with Gasteiger partial charge in [0.1, 0.15) is 16.0 Å². The molecule has 0 radical (unpaired) electrons. The molecule has 0 unspecified atom stereocenters. The summed E-state index contributed by atoms with van der Waals surface area (Å²) in [4.78, 5) is 14.9. The largest absolute Gasteiger partial charge is 0.496 e. The van der Waals surface area contributed by atoms with Crippen molar-refractivity contribution in [3.05, 3.63) is 56.8 Å². The molecular weight excluding hydrogens is 326 g/mol. The van der Waals surface area contributed by atoms with Crippen molar-refractivity contribution in [2.24, 2.45) is 0 Å². The standard InChI is InChI=1S/C13H12BrN3O3/c1-20-10-5-6-11(12(7-10)17(18)19)15-8-9-3-2-4-13(14)16-9/h2-7,15H,8H2,1H3. The molecule has 0 fully saturated rings. The average molecular weight is 338 g/mol. The number of nitro benzene ring substituents is 1. The Balaban J connectivity index is 2.18. The number of pyridine rings is 1. The van der Waals surface area contributed by atoms with E-state index in [1.54, 1.807) is 12.1 Å². The van der Waals surface area contributed by atoms with Gasteiger partial charge >= 0.3 is 0 Å². The van der Waals surface area contributed by atoms with E-state index in [2.05, 4.69) is 26.2 Å². The number of rotatable bonds is 5. The minimum atomic E-state index is -0.445. The van der Waals surface area contributed by atoms with E-state index in [0.717, 1.165) is 10.3 Å². The number of aromatic nitrogens is 1. The van der Waals surface area contributed by atoms with Gasteiger partial charge in [-0.1, -0.05) is 6.07 Å². The lowest BCUT2D eigenvalue weighted by molar-refractivity contribution is -0.384. The predicted octanol–water partition coefficient (Wildman–Crippen LogP) is 3.37. The van der Waals surface area contributed by atoms with Gasteiger partial charge in [-0.15, -0.1) is 0 Å². The normalized spacial score (nSPS) is 10.1. The summed E-state index contributed by atoms with van der Waals surface area (Å²) >= 11 is 3.28. The molecule has 1 aromatic carbocycles. The Bertz CT molecular complexity index is 634. The quantitative estimate of drug-likeness (QED) is 0.514. The van der Waals surface area contributed by atoms with Crippen LogP contribution in [0.3, 0.4) is 0 Å². The van der Waals surface area contributed by atoms with Crippen LogP contribution < -0.4 is 10.1 Å². The third-order valence-electron chi connectivity index (χ3n) is 2.63. The van der Waals surface area contributed by atoms with Crippen LogP contribution in [0.15, 0.2) is 41.0 Å². The van der Waals surface area contributed by atoms with Gasteiger partial charge in [-0.3, -0.25) is 10.1 Å². The zero-order valence-corrected chi connectivity index (χ0v) is 12.3. The van der Waals surface area contributed by atoms with Gasteiger partial charge in [-0.2, -0.15) is 0 Å². The van der Waals surface area contributed by atoms with Crippen LogP contribution in [0.4, 0.5) is 11.4 Å². The molecule has 0 aliphatic heterocycles. The van der Waals surface area contributed by atoms with Gasteiger partial charge in [-0.25, -0.2) is 4.98 Å². The molecular formula is C13H12BrN3O3. The van der Waals surface area contributed by atoms with E-state index in [0.29, 0.717) is 18.0 Å². The zero-order valence-electron chi connectivity index (χ0n) is 10.7. The van der Waals surface area contributed by atoms with Crippen LogP contribution in [-0.2, 0) is 6.54 Å². The molecule has 1 N–H and O–H groups in total. The van der Waals surface area contributed by atoms with E-state index >= 15 is 0 Å². The van der Waals surface area contributed by atoms with Crippen molar-refractivity contribution in [2.75, 3.05) is 12.4 Å². The Kier molecular flexibility index (Phi) is 4.52. The fourth-order valence-corrected chi connectivity index (χ4v) is 2.05. The van der Waals surface area contributed by atoms with Crippen molar-refractivity contribution in [1.29, 1.82) is 0 Å². The molecule has 0 bridgehead atoms. The smallest absolute Gasteiger partial charge is 0.296 e. The van der Waals surface area contributed by atoms with Crippen LogP contribution in [-0.4, -0.2) is 17.0 Å². The minimum absolute atomic E-state index is 0.0284. The van der Waals surface area contributed by atoms with Gasteiger partial charge in [0.25, 0.3) is 5.69 Å². The van der Waals surface area contributed by atoms with Crippen molar-refractivity contribution in [2.45, 2.75) is 6.54 Å². The van der Waals surface area contributed by atoms with Gasteiger partial charge < -0.3 is 10.1 Å². The van der Waals surface area contributed by atoms with E-state index in [1.807, 2.05) is 18.2 Å². The maximum absolute atomic E-state index is 11.0. The average Bonchev–Trinajstić information content (AvgIpc) is 2.45. The number of hydrogen-bond donors (Lipinski definition) is 1. The number of halogens is 1. The van der Waals surface area contributed by atoms with E-state index in [4.69, 9.17) is 4.74 Å². The lowest BCUT2D eigenvalue weighted by Crippen LogP contribution is -2.04. The van der Waals surface area contributed by atoms with E-state index in [9.17, 15) is 10.1 Å². The molecule has 0 atom stereocenters. The summed E-state index contributed by atoms with van der Waals surface area (Å²) in [6.45, 7) is 0.395. The Morgan fingerprint density at radius 3 is 2.85 bits per heavy atom. The Morgan fingerprint density at radius 1 is 1.40 bits per heavy atom. The summed E-state index contributed by atoms with van der Waals surface area (Å²) < 4.78 is 5.71. The lowest BCUT2D eigenvalue weighted by atomic mass is 10.2. The molecule has 0 saturated carbocycles. The number of methoxy groups -OCH3 is 1. The highest BCUT2D eigenvalue weighted by Crippen LogP contribution is 2.29. The second kappa shape index (κ2) is 6.33. The molecule has 0 saturated heterocycles. The topological polar surface area (TPSA) is 77.3 Å². The Morgan fingerprint density at radius 2 is 2.20 bits per heavy atom. The van der Waals surface area contributed by atoms with Crippen LogP contribution in [0.25, 0.3) is 0 Å². The molecule has 1 aromatic heterocycles. The first-order valence-electron chi connectivity index (χ1n) is 5.78. The highest BCUT2D eigenvalue weighted by molar-refractivity contribution is 9.10. The molecule has 7 heteroatoms. The zero-order chi connectivity index (χ0) is 14.5. The van der Waals surface area contributed by atoms with E-state index in [-0.39, 0.29) is 5.69 Å². The maximum atomic E-state index is 11.0. The predicted molar refractivity (Wildman–Crippen MR) is 78.9 cm³/mol. The molecule has 20 heavy (non-hydrogen) atoms. The van der Waals surface area contributed by atoms with Gasteiger partial charge in [0.15, 0.2) is 0 Å². The van der Waals surface area contributed by atoms with Crippen molar-refractivity contribution in [3.63, 3.8) is 0 Å². The van der Waals surface area contributed by atoms with Crippen LogP contribution in [0.1, 0.15) is 5.69 Å². The number of benzene rings is 1. The summed E-state index contributed by atoms with van der Waals surface area (Å²) in [5.74, 6) is 0.447. The Hall–Kier alpha value is -2.15. The first kappa shape index (κ1) is 14.3. The number of hydrogen-bond acceptors (Lipinski definition) is 5. The SMILES string of the molecule is COc1ccc(NCc2cccc(Br)n2)c([N+](=O)[O-])c1. The molecule has 6 nitrogen and oxygen atoms in total. The number of nitrogens with one attached hydrogen (secondary N) is 1. The number of anilines is 1. The number of ether oxygens (including phenoxy) is 1. The first-order valence-corrected chi connectivity index (χ1v) is 6.57. The molecule has 0 aliphatic carbocycles. The fourth-order valence-electron chi connectivity index (χ4n) is 1.67. The van der Waals surface area contributed by atoms with Crippen LogP contribution in [0.5, 0.6) is 5.75 Å². The molecule has 2 aromatic rings. The summed E-state index contributed by atoms with van der Waals surface area (Å²) in [5.41, 5.74) is 1.18. The van der Waals surface area contributed by atoms with Gasteiger partial charge in [0, 0.05) is 0 Å². The van der Waals surface area contributed by atoms with Crippen molar-refractivity contribution >= 4 is 27.3 Å². The molecule has 104 valence electrons. The Labute approximate surface area is 124 Å². The van der Waals surface area contributed by atoms with E-state index < -0.39 is 4.92 Å². The van der Waals surface area contributed by atoms with Crippen LogP contribution >= 0.6 is 15.9 Å². The second-order valence-electron chi connectivity index (χ2n) is 3.95. The highest BCUT2D eigenvalue weighted by atomic mass is 79.9. The minimum Gasteiger partial charge on any atom is -0.496 e. The summed E-state index contributed by atoms with van der Waals surface area (Å²) in [7, 11) is 1.47. The van der Waals surface area contributed by atoms with Crippen LogP contribution in [0.2, 0.25) is 0 Å². The first-order chi connectivity index (χ1) is 9.60. The maximum Gasteiger partial charge on any atom is 0.296 e. The monoisotopic (exact) mass is 337 g/mol. The third kappa shape index (κ3) is 3.45. The second-order valence-corrected chi connectivity index (χ2v) is 4.76. The highest BCUT2D eigenvalue weighted by Gasteiger charge is 2.14. The summed E-state index contributed by atoms with van der Waals surface area (Å²) in [6, 6.07) is 10.2. The van der Waals surface area contributed by atoms with Crippen LogP contribution in [0, 0.1) is 10.1 Å². The van der Waals surface area contributed by atoms with Crippen molar-refractivity contribution in [3.8, 4) is 5.75 Å². The number of nitrogens with zero attached hydrogens (tertiary/aromatic N) is 2. The molecule has 0 spiro atoms. The summed E-state index contributed by atoms with van der Waals surface area (Å²) in [6.07, 6.45) is 0. The fraction of sp³-hybridized carbons (Fsp3) is 0.154. The van der Waals surface area contributed by atoms with Gasteiger partial charge in [0.2, 0.25) is 0 Å². The van der Waals surface area contributed by atoms with Crippen molar-refractivity contribution < 1.29 is 9.66 Å². The molecule has 1 heterocycles. The molecule has 2 rings (SSSR count). The van der Waals surface area contributed by atoms with Crippen molar-refractivity contribution in [1.82, 2.24) is 4.98 Å². The van der Waals surface area contributed by atoms with Gasteiger partial charge in [-0.05, 0) is 40.2 Å².